The predicted molar refractivity (Wildman–Crippen MR) is 91.4 cm³/mol. The van der Waals surface area contributed by atoms with Gasteiger partial charge >= 0.3 is 0 Å². The van der Waals surface area contributed by atoms with Gasteiger partial charge in [-0.25, -0.2) is 0 Å². The van der Waals surface area contributed by atoms with Gasteiger partial charge in [-0.3, -0.25) is 9.59 Å². The van der Waals surface area contributed by atoms with Crippen LogP contribution in [0.2, 0.25) is 0 Å². The third-order valence-corrected chi connectivity index (χ3v) is 4.29. The van der Waals surface area contributed by atoms with Gasteiger partial charge in [0.1, 0.15) is 13.2 Å². The Morgan fingerprint density at radius 1 is 1.12 bits per heavy atom. The monoisotopic (exact) mass is 334 g/mol. The molecule has 0 unspecified atom stereocenters. The highest BCUT2D eigenvalue weighted by atomic mass is 16.6. The molecule has 1 aromatic rings. The van der Waals surface area contributed by atoms with Crippen molar-refractivity contribution in [3.05, 3.63) is 23.8 Å². The average Bonchev–Trinajstić information content (AvgIpc) is 2.58. The van der Waals surface area contributed by atoms with Crippen molar-refractivity contribution in [2.24, 2.45) is 0 Å². The standard InChI is InChI=1S/C18H26N2O4/c1-6-20(12-16(21)19(4)5)17(22)18(2,3)13-7-8-14-15(11-13)24-10-9-23-14/h7-8,11H,6,9-10,12H2,1-5H3. The lowest BCUT2D eigenvalue weighted by Crippen LogP contribution is -2.47. The van der Waals surface area contributed by atoms with Gasteiger partial charge < -0.3 is 19.3 Å². The number of rotatable bonds is 5. The topological polar surface area (TPSA) is 59.1 Å². The molecule has 132 valence electrons. The number of carbonyl (C=O) groups excluding carboxylic acids is 2. The van der Waals surface area contributed by atoms with Crippen molar-refractivity contribution in [1.29, 1.82) is 0 Å². The molecular weight excluding hydrogens is 308 g/mol. The molecule has 0 N–H and O–H groups in total. The fraction of sp³-hybridized carbons (Fsp3) is 0.556. The zero-order chi connectivity index (χ0) is 17.9. The summed E-state index contributed by atoms with van der Waals surface area (Å²) < 4.78 is 11.1. The second kappa shape index (κ2) is 7.11. The van der Waals surface area contributed by atoms with Crippen LogP contribution in [0.3, 0.4) is 0 Å². The first-order valence-corrected chi connectivity index (χ1v) is 8.17. The highest BCUT2D eigenvalue weighted by Gasteiger charge is 2.35. The van der Waals surface area contributed by atoms with E-state index in [9.17, 15) is 9.59 Å². The van der Waals surface area contributed by atoms with Crippen LogP contribution in [-0.2, 0) is 15.0 Å². The number of nitrogens with zero attached hydrogens (tertiary/aromatic N) is 2. The van der Waals surface area contributed by atoms with Crippen LogP contribution in [0.4, 0.5) is 0 Å². The third kappa shape index (κ3) is 3.63. The normalized spacial score (nSPS) is 13.4. The summed E-state index contributed by atoms with van der Waals surface area (Å²) in [5.74, 6) is 1.18. The average molecular weight is 334 g/mol. The second-order valence-electron chi connectivity index (χ2n) is 6.59. The first-order chi connectivity index (χ1) is 11.3. The van der Waals surface area contributed by atoms with E-state index in [-0.39, 0.29) is 18.4 Å². The van der Waals surface area contributed by atoms with Gasteiger partial charge in [0, 0.05) is 20.6 Å². The fourth-order valence-electron chi connectivity index (χ4n) is 2.58. The zero-order valence-electron chi connectivity index (χ0n) is 15.1. The molecule has 0 bridgehead atoms. The molecule has 24 heavy (non-hydrogen) atoms. The Balaban J connectivity index is 2.24. The molecular formula is C18H26N2O4. The number of hydrogen-bond acceptors (Lipinski definition) is 4. The lowest BCUT2D eigenvalue weighted by molar-refractivity contribution is -0.142. The Bertz CT molecular complexity index is 625. The van der Waals surface area contributed by atoms with Crippen molar-refractivity contribution < 1.29 is 19.1 Å². The van der Waals surface area contributed by atoms with Crippen LogP contribution >= 0.6 is 0 Å². The number of fused-ring (bicyclic) bond motifs is 1. The Morgan fingerprint density at radius 3 is 2.33 bits per heavy atom. The lowest BCUT2D eigenvalue weighted by atomic mass is 9.83. The van der Waals surface area contributed by atoms with Gasteiger partial charge in [0.2, 0.25) is 11.8 Å². The Morgan fingerprint density at radius 2 is 1.75 bits per heavy atom. The summed E-state index contributed by atoms with van der Waals surface area (Å²) >= 11 is 0. The maximum atomic E-state index is 13.0. The molecule has 1 aliphatic rings. The van der Waals surface area contributed by atoms with Crippen LogP contribution in [0.25, 0.3) is 0 Å². The van der Waals surface area contributed by atoms with Crippen molar-refractivity contribution in [2.45, 2.75) is 26.2 Å². The van der Waals surface area contributed by atoms with E-state index >= 15 is 0 Å². The van der Waals surface area contributed by atoms with Crippen LogP contribution < -0.4 is 9.47 Å². The van der Waals surface area contributed by atoms with E-state index in [1.54, 1.807) is 19.0 Å². The van der Waals surface area contributed by atoms with Crippen LogP contribution in [0.15, 0.2) is 18.2 Å². The summed E-state index contributed by atoms with van der Waals surface area (Å²) in [6, 6.07) is 5.57. The summed E-state index contributed by atoms with van der Waals surface area (Å²) in [6.45, 7) is 7.20. The minimum Gasteiger partial charge on any atom is -0.486 e. The smallest absolute Gasteiger partial charge is 0.241 e. The summed E-state index contributed by atoms with van der Waals surface area (Å²) in [7, 11) is 3.37. The molecule has 2 rings (SSSR count). The van der Waals surface area contributed by atoms with E-state index in [0.29, 0.717) is 31.3 Å². The van der Waals surface area contributed by atoms with Crippen molar-refractivity contribution in [1.82, 2.24) is 9.80 Å². The largest absolute Gasteiger partial charge is 0.486 e. The number of amides is 2. The van der Waals surface area contributed by atoms with Crippen LogP contribution in [0.1, 0.15) is 26.3 Å². The molecule has 1 aliphatic heterocycles. The van der Waals surface area contributed by atoms with Crippen LogP contribution in [0.5, 0.6) is 11.5 Å². The summed E-state index contributed by atoms with van der Waals surface area (Å²) in [5.41, 5.74) is 0.0748. The van der Waals surface area contributed by atoms with Crippen LogP contribution in [0, 0.1) is 0 Å². The van der Waals surface area contributed by atoms with Gasteiger partial charge in [-0.05, 0) is 38.5 Å². The van der Waals surface area contributed by atoms with E-state index in [2.05, 4.69) is 0 Å². The molecule has 1 heterocycles. The molecule has 0 radical (unpaired) electrons. The lowest BCUT2D eigenvalue weighted by Gasteiger charge is -2.32. The van der Waals surface area contributed by atoms with Gasteiger partial charge in [-0.1, -0.05) is 6.07 Å². The first kappa shape index (κ1) is 18.1. The number of carbonyl (C=O) groups is 2. The third-order valence-electron chi connectivity index (χ3n) is 4.29. The van der Waals surface area contributed by atoms with E-state index in [1.807, 2.05) is 39.0 Å². The zero-order valence-corrected chi connectivity index (χ0v) is 15.1. The molecule has 0 saturated carbocycles. The fourth-order valence-corrected chi connectivity index (χ4v) is 2.58. The molecule has 1 aromatic carbocycles. The van der Waals surface area contributed by atoms with E-state index in [4.69, 9.17) is 9.47 Å². The molecule has 0 saturated heterocycles. The number of hydrogen-bond donors (Lipinski definition) is 0. The van der Waals surface area contributed by atoms with Crippen molar-refractivity contribution in [3.63, 3.8) is 0 Å². The van der Waals surface area contributed by atoms with E-state index in [0.717, 1.165) is 5.56 Å². The SMILES string of the molecule is CCN(CC(=O)N(C)C)C(=O)C(C)(C)c1ccc2c(c1)OCCO2. The quantitative estimate of drug-likeness (QED) is 0.822. The van der Waals surface area contributed by atoms with Crippen molar-refractivity contribution >= 4 is 11.8 Å². The maximum Gasteiger partial charge on any atom is 0.241 e. The number of benzene rings is 1. The second-order valence-corrected chi connectivity index (χ2v) is 6.59. The molecule has 0 atom stereocenters. The molecule has 6 heteroatoms. The summed E-state index contributed by atoms with van der Waals surface area (Å²) in [4.78, 5) is 28.0. The van der Waals surface area contributed by atoms with Gasteiger partial charge in [-0.2, -0.15) is 0 Å². The summed E-state index contributed by atoms with van der Waals surface area (Å²) in [5, 5.41) is 0. The van der Waals surface area contributed by atoms with Gasteiger partial charge in [-0.15, -0.1) is 0 Å². The minimum atomic E-state index is -0.765. The molecule has 0 spiro atoms. The summed E-state index contributed by atoms with van der Waals surface area (Å²) in [6.07, 6.45) is 0. The van der Waals surface area contributed by atoms with Gasteiger partial charge in [0.15, 0.2) is 11.5 Å². The number of ether oxygens (including phenoxy) is 2. The van der Waals surface area contributed by atoms with Crippen LogP contribution in [-0.4, -0.2) is 62.0 Å². The van der Waals surface area contributed by atoms with Crippen molar-refractivity contribution in [3.8, 4) is 11.5 Å². The van der Waals surface area contributed by atoms with E-state index < -0.39 is 5.41 Å². The Hall–Kier alpha value is -2.24. The molecule has 0 aliphatic carbocycles. The van der Waals surface area contributed by atoms with E-state index in [1.165, 1.54) is 4.90 Å². The van der Waals surface area contributed by atoms with Gasteiger partial charge in [0.05, 0.1) is 12.0 Å². The highest BCUT2D eigenvalue weighted by molar-refractivity contribution is 5.91. The molecule has 6 nitrogen and oxygen atoms in total. The molecule has 0 aromatic heterocycles. The molecule has 2 amide bonds. The number of likely N-dealkylation sites (N-methyl/N-ethyl adjacent to an activating group) is 2. The first-order valence-electron chi connectivity index (χ1n) is 8.17. The Kier molecular flexibility index (Phi) is 5.36. The van der Waals surface area contributed by atoms with Crippen molar-refractivity contribution in [2.75, 3.05) is 40.4 Å². The molecule has 0 fully saturated rings. The Labute approximate surface area is 143 Å². The highest BCUT2D eigenvalue weighted by Crippen LogP contribution is 2.35. The maximum absolute atomic E-state index is 13.0. The minimum absolute atomic E-state index is 0.0797. The predicted octanol–water partition coefficient (Wildman–Crippen LogP) is 1.67. The van der Waals surface area contributed by atoms with Gasteiger partial charge in [0.25, 0.3) is 0 Å².